The third-order valence-corrected chi connectivity index (χ3v) is 4.41. The Labute approximate surface area is 129 Å². The molecule has 0 saturated heterocycles. The summed E-state index contributed by atoms with van der Waals surface area (Å²) in [5.41, 5.74) is 7.17. The van der Waals surface area contributed by atoms with Crippen LogP contribution in [0, 0.1) is 13.8 Å². The summed E-state index contributed by atoms with van der Waals surface area (Å²) in [4.78, 5) is 4.10. The first kappa shape index (κ1) is 13.1. The van der Waals surface area contributed by atoms with E-state index in [1.54, 1.807) is 0 Å². The summed E-state index contributed by atoms with van der Waals surface area (Å²) in [6.07, 6.45) is 4.65. The standard InChI is InChI=1S/C18H18N4/c1-12-4-3-5-16(13(12)2)22-18-15(8-11-20-18)17(21-22)14-6-9-19-10-7-14/h3-7,9-10,20H,8,11H2,1-2H3. The fourth-order valence-electron chi connectivity index (χ4n) is 3.06. The van der Waals surface area contributed by atoms with Gasteiger partial charge in [0.25, 0.3) is 0 Å². The molecule has 2 aromatic heterocycles. The van der Waals surface area contributed by atoms with Crippen LogP contribution in [0.3, 0.4) is 0 Å². The van der Waals surface area contributed by atoms with E-state index in [1.165, 1.54) is 16.7 Å². The van der Waals surface area contributed by atoms with E-state index >= 15 is 0 Å². The van der Waals surface area contributed by atoms with E-state index in [0.717, 1.165) is 35.7 Å². The van der Waals surface area contributed by atoms with Crippen LogP contribution >= 0.6 is 0 Å². The molecule has 4 rings (SSSR count). The Morgan fingerprint density at radius 2 is 1.91 bits per heavy atom. The summed E-state index contributed by atoms with van der Waals surface area (Å²) >= 11 is 0. The predicted molar refractivity (Wildman–Crippen MR) is 88.5 cm³/mol. The van der Waals surface area contributed by atoms with Crippen molar-refractivity contribution in [2.24, 2.45) is 0 Å². The van der Waals surface area contributed by atoms with E-state index in [0.29, 0.717) is 0 Å². The first-order valence-electron chi connectivity index (χ1n) is 7.58. The first-order chi connectivity index (χ1) is 10.8. The molecule has 0 saturated carbocycles. The largest absolute Gasteiger partial charge is 0.369 e. The van der Waals surface area contributed by atoms with Gasteiger partial charge in [-0.1, -0.05) is 12.1 Å². The minimum atomic E-state index is 0.968. The van der Waals surface area contributed by atoms with Gasteiger partial charge >= 0.3 is 0 Å². The zero-order valence-corrected chi connectivity index (χ0v) is 12.8. The fraction of sp³-hybridized carbons (Fsp3) is 0.222. The van der Waals surface area contributed by atoms with Gasteiger partial charge in [0.1, 0.15) is 5.82 Å². The minimum Gasteiger partial charge on any atom is -0.369 e. The number of benzene rings is 1. The zero-order valence-electron chi connectivity index (χ0n) is 12.8. The normalized spacial score (nSPS) is 13.0. The summed E-state index contributed by atoms with van der Waals surface area (Å²) in [5.74, 6) is 1.13. The van der Waals surface area contributed by atoms with Gasteiger partial charge in [-0.3, -0.25) is 4.98 Å². The average molecular weight is 290 g/mol. The smallest absolute Gasteiger partial charge is 0.133 e. The first-order valence-corrected chi connectivity index (χ1v) is 7.58. The van der Waals surface area contributed by atoms with Crippen LogP contribution in [0.25, 0.3) is 16.9 Å². The summed E-state index contributed by atoms with van der Waals surface area (Å²) in [6, 6.07) is 10.4. The van der Waals surface area contributed by atoms with Crippen molar-refractivity contribution >= 4 is 5.82 Å². The van der Waals surface area contributed by atoms with Crippen LogP contribution in [0.4, 0.5) is 5.82 Å². The molecule has 22 heavy (non-hydrogen) atoms. The van der Waals surface area contributed by atoms with Gasteiger partial charge in [0.15, 0.2) is 0 Å². The summed E-state index contributed by atoms with van der Waals surface area (Å²) in [5, 5.41) is 8.39. The number of pyridine rings is 1. The molecule has 0 aliphatic carbocycles. The number of aryl methyl sites for hydroxylation is 1. The van der Waals surface area contributed by atoms with E-state index in [-0.39, 0.29) is 0 Å². The third-order valence-electron chi connectivity index (χ3n) is 4.41. The van der Waals surface area contributed by atoms with Crippen LogP contribution < -0.4 is 5.32 Å². The maximum absolute atomic E-state index is 4.90. The number of nitrogens with zero attached hydrogens (tertiary/aromatic N) is 3. The Morgan fingerprint density at radius 1 is 1.09 bits per heavy atom. The van der Waals surface area contributed by atoms with Crippen LogP contribution in [0.5, 0.6) is 0 Å². The number of fused-ring (bicyclic) bond motifs is 1. The Bertz CT molecular complexity index is 834. The Balaban J connectivity index is 1.94. The molecule has 0 amide bonds. The van der Waals surface area contributed by atoms with Crippen molar-refractivity contribution < 1.29 is 0 Å². The lowest BCUT2D eigenvalue weighted by atomic mass is 10.1. The van der Waals surface area contributed by atoms with Crippen molar-refractivity contribution in [2.75, 3.05) is 11.9 Å². The molecule has 0 bridgehead atoms. The molecule has 0 radical (unpaired) electrons. The number of rotatable bonds is 2. The summed E-state index contributed by atoms with van der Waals surface area (Å²) in [7, 11) is 0. The second-order valence-electron chi connectivity index (χ2n) is 5.72. The third kappa shape index (κ3) is 1.91. The van der Waals surface area contributed by atoms with E-state index in [2.05, 4.69) is 47.0 Å². The molecule has 1 N–H and O–H groups in total. The van der Waals surface area contributed by atoms with Gasteiger partial charge in [-0.15, -0.1) is 0 Å². The van der Waals surface area contributed by atoms with Crippen LogP contribution in [0.2, 0.25) is 0 Å². The summed E-state index contributed by atoms with van der Waals surface area (Å²) in [6.45, 7) is 5.26. The molecule has 1 aromatic carbocycles. The molecular formula is C18H18N4. The quantitative estimate of drug-likeness (QED) is 0.785. The molecular weight excluding hydrogens is 272 g/mol. The lowest BCUT2D eigenvalue weighted by Gasteiger charge is -2.11. The minimum absolute atomic E-state index is 0.968. The SMILES string of the molecule is Cc1cccc(-n2nc(-c3ccncc3)c3c2NCC3)c1C. The topological polar surface area (TPSA) is 42.7 Å². The van der Waals surface area contributed by atoms with Crippen LogP contribution in [-0.2, 0) is 6.42 Å². The number of hydrogen-bond acceptors (Lipinski definition) is 3. The van der Waals surface area contributed by atoms with Gasteiger partial charge in [0, 0.05) is 30.1 Å². The van der Waals surface area contributed by atoms with Gasteiger partial charge in [-0.2, -0.15) is 5.10 Å². The maximum Gasteiger partial charge on any atom is 0.133 e. The lowest BCUT2D eigenvalue weighted by molar-refractivity contribution is 0.873. The molecule has 3 aromatic rings. The summed E-state index contributed by atoms with van der Waals surface area (Å²) < 4.78 is 2.06. The van der Waals surface area contributed by atoms with Crippen LogP contribution in [-0.4, -0.2) is 21.3 Å². The van der Waals surface area contributed by atoms with Gasteiger partial charge < -0.3 is 5.32 Å². The molecule has 1 aliphatic heterocycles. The number of aromatic nitrogens is 3. The number of anilines is 1. The highest BCUT2D eigenvalue weighted by Gasteiger charge is 2.24. The van der Waals surface area contributed by atoms with Crippen LogP contribution in [0.15, 0.2) is 42.7 Å². The highest BCUT2D eigenvalue weighted by Crippen LogP contribution is 2.35. The Kier molecular flexibility index (Phi) is 2.96. The molecule has 0 fully saturated rings. The Morgan fingerprint density at radius 3 is 2.73 bits per heavy atom. The van der Waals surface area contributed by atoms with Crippen molar-refractivity contribution in [1.82, 2.24) is 14.8 Å². The highest BCUT2D eigenvalue weighted by atomic mass is 15.3. The molecule has 110 valence electrons. The fourth-order valence-corrected chi connectivity index (χ4v) is 3.06. The monoisotopic (exact) mass is 290 g/mol. The lowest BCUT2D eigenvalue weighted by Crippen LogP contribution is -2.06. The zero-order chi connectivity index (χ0) is 15.1. The highest BCUT2D eigenvalue weighted by molar-refractivity contribution is 5.72. The van der Waals surface area contributed by atoms with Gasteiger partial charge in [-0.25, -0.2) is 4.68 Å². The van der Waals surface area contributed by atoms with E-state index in [1.807, 2.05) is 24.5 Å². The second-order valence-corrected chi connectivity index (χ2v) is 5.72. The number of hydrogen-bond donors (Lipinski definition) is 1. The molecule has 4 heteroatoms. The van der Waals surface area contributed by atoms with Crippen molar-refractivity contribution in [3.63, 3.8) is 0 Å². The molecule has 1 aliphatic rings. The van der Waals surface area contributed by atoms with Crippen LogP contribution in [0.1, 0.15) is 16.7 Å². The molecule has 0 spiro atoms. The molecule has 3 heterocycles. The van der Waals surface area contributed by atoms with Crippen molar-refractivity contribution in [3.8, 4) is 16.9 Å². The Hall–Kier alpha value is -2.62. The second kappa shape index (κ2) is 4.98. The van der Waals surface area contributed by atoms with Crippen molar-refractivity contribution in [2.45, 2.75) is 20.3 Å². The van der Waals surface area contributed by atoms with Gasteiger partial charge in [0.05, 0.1) is 11.4 Å². The van der Waals surface area contributed by atoms with Crippen molar-refractivity contribution in [3.05, 3.63) is 59.4 Å². The predicted octanol–water partition coefficient (Wildman–Crippen LogP) is 3.52. The van der Waals surface area contributed by atoms with Crippen molar-refractivity contribution in [1.29, 1.82) is 0 Å². The van der Waals surface area contributed by atoms with Gasteiger partial charge in [0.2, 0.25) is 0 Å². The molecule has 0 unspecified atom stereocenters. The number of nitrogens with one attached hydrogen (secondary N) is 1. The van der Waals surface area contributed by atoms with Gasteiger partial charge in [-0.05, 0) is 49.6 Å². The average Bonchev–Trinajstić information content (AvgIpc) is 3.13. The maximum atomic E-state index is 4.90. The molecule has 4 nitrogen and oxygen atoms in total. The van der Waals surface area contributed by atoms with E-state index in [4.69, 9.17) is 5.10 Å². The van der Waals surface area contributed by atoms with E-state index < -0.39 is 0 Å². The van der Waals surface area contributed by atoms with E-state index in [9.17, 15) is 0 Å². The molecule has 0 atom stereocenters.